The molecule has 3 nitrogen and oxygen atoms in total. The molecule has 88 valence electrons. The molecular formula is C11H14F2N2O. The molecule has 1 amide bonds. The molecule has 1 aromatic rings. The molecule has 0 bridgehead atoms. The predicted molar refractivity (Wildman–Crippen MR) is 58.1 cm³/mol. The van der Waals surface area contributed by atoms with Crippen molar-refractivity contribution in [2.45, 2.75) is 19.9 Å². The lowest BCUT2D eigenvalue weighted by atomic mass is 10.2. The quantitative estimate of drug-likeness (QED) is 0.826. The number of rotatable bonds is 4. The van der Waals surface area contributed by atoms with Crippen LogP contribution in [0.25, 0.3) is 0 Å². The maximum absolute atomic E-state index is 13.2. The van der Waals surface area contributed by atoms with Gasteiger partial charge in [-0.05, 0) is 26.0 Å². The fourth-order valence-electron chi connectivity index (χ4n) is 1.24. The highest BCUT2D eigenvalue weighted by Gasteiger charge is 2.14. The second-order valence-corrected chi connectivity index (χ2v) is 3.36. The van der Waals surface area contributed by atoms with Gasteiger partial charge in [-0.2, -0.15) is 0 Å². The second-order valence-electron chi connectivity index (χ2n) is 3.36. The summed E-state index contributed by atoms with van der Waals surface area (Å²) in [4.78, 5) is 11.4. The predicted octanol–water partition coefficient (Wildman–Crippen LogP) is 1.90. The van der Waals surface area contributed by atoms with E-state index in [0.717, 1.165) is 6.07 Å². The molecule has 0 spiro atoms. The monoisotopic (exact) mass is 228 g/mol. The van der Waals surface area contributed by atoms with Crippen molar-refractivity contribution in [3.63, 3.8) is 0 Å². The first-order chi connectivity index (χ1) is 7.56. The van der Waals surface area contributed by atoms with Gasteiger partial charge in [0.25, 0.3) is 0 Å². The van der Waals surface area contributed by atoms with E-state index in [-0.39, 0.29) is 11.6 Å². The number of anilines is 1. The third-order valence-corrected chi connectivity index (χ3v) is 2.07. The highest BCUT2D eigenvalue weighted by atomic mass is 19.2. The van der Waals surface area contributed by atoms with Crippen LogP contribution in [-0.4, -0.2) is 18.5 Å². The first kappa shape index (κ1) is 12.4. The Hall–Kier alpha value is -1.65. The molecule has 0 saturated carbocycles. The lowest BCUT2D eigenvalue weighted by Crippen LogP contribution is -2.37. The highest BCUT2D eigenvalue weighted by Crippen LogP contribution is 2.17. The summed E-state index contributed by atoms with van der Waals surface area (Å²) in [5, 5.41) is 5.19. The molecule has 0 saturated heterocycles. The molecule has 1 aromatic carbocycles. The Morgan fingerprint density at radius 1 is 1.44 bits per heavy atom. The molecule has 1 unspecified atom stereocenters. The maximum Gasteiger partial charge on any atom is 0.242 e. The summed E-state index contributed by atoms with van der Waals surface area (Å²) in [6, 6.07) is 3.17. The Morgan fingerprint density at radius 3 is 2.75 bits per heavy atom. The molecule has 5 heteroatoms. The standard InChI is InChI=1S/C11H14F2N2O/c1-3-14-11(16)7(2)15-9-6-4-5-8(12)10(9)13/h4-7,15H,3H2,1-2H3,(H,14,16). The fourth-order valence-corrected chi connectivity index (χ4v) is 1.24. The lowest BCUT2D eigenvalue weighted by molar-refractivity contribution is -0.121. The minimum absolute atomic E-state index is 0.0150. The third-order valence-electron chi connectivity index (χ3n) is 2.07. The summed E-state index contributed by atoms with van der Waals surface area (Å²) >= 11 is 0. The van der Waals surface area contributed by atoms with Crippen molar-refractivity contribution >= 4 is 11.6 Å². The van der Waals surface area contributed by atoms with Crippen LogP contribution in [0.15, 0.2) is 18.2 Å². The van der Waals surface area contributed by atoms with Crippen molar-refractivity contribution in [2.75, 3.05) is 11.9 Å². The van der Waals surface area contributed by atoms with Crippen molar-refractivity contribution in [2.24, 2.45) is 0 Å². The normalized spacial score (nSPS) is 12.0. The Bertz CT molecular complexity index is 382. The number of amides is 1. The average Bonchev–Trinajstić information content (AvgIpc) is 2.25. The van der Waals surface area contributed by atoms with E-state index in [4.69, 9.17) is 0 Å². The van der Waals surface area contributed by atoms with Crippen molar-refractivity contribution in [3.05, 3.63) is 29.8 Å². The summed E-state index contributed by atoms with van der Waals surface area (Å²) < 4.78 is 26.1. The summed E-state index contributed by atoms with van der Waals surface area (Å²) in [6.07, 6.45) is 0. The van der Waals surface area contributed by atoms with Gasteiger partial charge in [-0.15, -0.1) is 0 Å². The van der Waals surface area contributed by atoms with Crippen LogP contribution >= 0.6 is 0 Å². The molecule has 0 aromatic heterocycles. The molecule has 0 aliphatic carbocycles. The van der Waals surface area contributed by atoms with Gasteiger partial charge in [-0.1, -0.05) is 6.07 Å². The molecule has 0 aliphatic heterocycles. The van der Waals surface area contributed by atoms with Crippen LogP contribution in [-0.2, 0) is 4.79 Å². The molecule has 16 heavy (non-hydrogen) atoms. The fraction of sp³-hybridized carbons (Fsp3) is 0.364. The van der Waals surface area contributed by atoms with Crippen LogP contribution in [0.2, 0.25) is 0 Å². The van der Waals surface area contributed by atoms with Crippen molar-refractivity contribution < 1.29 is 13.6 Å². The molecule has 0 radical (unpaired) electrons. The first-order valence-electron chi connectivity index (χ1n) is 5.04. The van der Waals surface area contributed by atoms with E-state index in [1.807, 2.05) is 0 Å². The van der Waals surface area contributed by atoms with Gasteiger partial charge in [0.15, 0.2) is 11.6 Å². The van der Waals surface area contributed by atoms with Crippen LogP contribution in [0.5, 0.6) is 0 Å². The Morgan fingerprint density at radius 2 is 2.12 bits per heavy atom. The van der Waals surface area contributed by atoms with E-state index >= 15 is 0 Å². The van der Waals surface area contributed by atoms with Gasteiger partial charge in [0.05, 0.1) is 5.69 Å². The smallest absolute Gasteiger partial charge is 0.242 e. The molecular weight excluding hydrogens is 214 g/mol. The minimum Gasteiger partial charge on any atom is -0.371 e. The summed E-state index contributed by atoms with van der Waals surface area (Å²) in [6.45, 7) is 3.86. The summed E-state index contributed by atoms with van der Waals surface area (Å²) in [7, 11) is 0. The zero-order chi connectivity index (χ0) is 12.1. The molecule has 0 aliphatic rings. The topological polar surface area (TPSA) is 41.1 Å². The number of carbonyl (C=O) groups excluding carboxylic acids is 1. The van der Waals surface area contributed by atoms with E-state index in [1.165, 1.54) is 12.1 Å². The summed E-state index contributed by atoms with van der Waals surface area (Å²) in [5.74, 6) is -2.17. The van der Waals surface area contributed by atoms with E-state index in [9.17, 15) is 13.6 Å². The van der Waals surface area contributed by atoms with Gasteiger partial charge in [0.1, 0.15) is 6.04 Å². The minimum atomic E-state index is -0.973. The van der Waals surface area contributed by atoms with Gasteiger partial charge in [-0.25, -0.2) is 8.78 Å². The maximum atomic E-state index is 13.2. The van der Waals surface area contributed by atoms with Gasteiger partial charge in [-0.3, -0.25) is 4.79 Å². The number of carbonyl (C=O) groups is 1. The van der Waals surface area contributed by atoms with Crippen molar-refractivity contribution in [1.29, 1.82) is 0 Å². The van der Waals surface area contributed by atoms with Gasteiger partial charge >= 0.3 is 0 Å². The van der Waals surface area contributed by atoms with Gasteiger partial charge < -0.3 is 10.6 Å². The number of hydrogen-bond donors (Lipinski definition) is 2. The molecule has 2 N–H and O–H groups in total. The zero-order valence-corrected chi connectivity index (χ0v) is 9.18. The number of benzene rings is 1. The Kier molecular flexibility index (Phi) is 4.22. The second kappa shape index (κ2) is 5.44. The number of hydrogen-bond acceptors (Lipinski definition) is 2. The molecule has 0 fully saturated rings. The molecule has 0 heterocycles. The average molecular weight is 228 g/mol. The van der Waals surface area contributed by atoms with E-state index in [1.54, 1.807) is 13.8 Å². The van der Waals surface area contributed by atoms with Crippen LogP contribution < -0.4 is 10.6 Å². The zero-order valence-electron chi connectivity index (χ0n) is 9.18. The van der Waals surface area contributed by atoms with Crippen molar-refractivity contribution in [3.8, 4) is 0 Å². The Labute approximate surface area is 92.8 Å². The van der Waals surface area contributed by atoms with E-state index < -0.39 is 17.7 Å². The van der Waals surface area contributed by atoms with Gasteiger partial charge in [0, 0.05) is 6.54 Å². The lowest BCUT2D eigenvalue weighted by Gasteiger charge is -2.15. The summed E-state index contributed by atoms with van der Waals surface area (Å²) in [5.41, 5.74) is -0.0150. The first-order valence-corrected chi connectivity index (χ1v) is 5.04. The number of halogens is 2. The molecule has 1 rings (SSSR count). The van der Waals surface area contributed by atoms with E-state index in [0.29, 0.717) is 6.54 Å². The highest BCUT2D eigenvalue weighted by molar-refractivity contribution is 5.84. The van der Waals surface area contributed by atoms with Gasteiger partial charge in [0.2, 0.25) is 5.91 Å². The number of nitrogens with one attached hydrogen (secondary N) is 2. The third kappa shape index (κ3) is 2.92. The van der Waals surface area contributed by atoms with Crippen LogP contribution in [0, 0.1) is 11.6 Å². The molecule has 1 atom stereocenters. The van der Waals surface area contributed by atoms with Crippen molar-refractivity contribution in [1.82, 2.24) is 5.32 Å². The number of likely N-dealkylation sites (N-methyl/N-ethyl adjacent to an activating group) is 1. The van der Waals surface area contributed by atoms with E-state index in [2.05, 4.69) is 10.6 Å². The SMILES string of the molecule is CCNC(=O)C(C)Nc1cccc(F)c1F. The van der Waals surface area contributed by atoms with Crippen LogP contribution in [0.1, 0.15) is 13.8 Å². The Balaban J connectivity index is 2.73. The largest absolute Gasteiger partial charge is 0.371 e. The van der Waals surface area contributed by atoms with Crippen LogP contribution in [0.3, 0.4) is 0 Å². The van der Waals surface area contributed by atoms with Crippen LogP contribution in [0.4, 0.5) is 14.5 Å².